The van der Waals surface area contributed by atoms with Crippen molar-refractivity contribution in [3.63, 3.8) is 0 Å². The lowest BCUT2D eigenvalue weighted by atomic mass is 9.72. The third kappa shape index (κ3) is 4.80. The van der Waals surface area contributed by atoms with Crippen molar-refractivity contribution < 1.29 is 0 Å². The van der Waals surface area contributed by atoms with E-state index in [2.05, 4.69) is 129 Å². The second-order valence-corrected chi connectivity index (χ2v) is 9.80. The molecule has 0 radical (unpaired) electrons. The van der Waals surface area contributed by atoms with Crippen LogP contribution in [0.3, 0.4) is 0 Å². The third-order valence-corrected chi connectivity index (χ3v) is 7.05. The fourth-order valence-electron chi connectivity index (χ4n) is 5.13. The van der Waals surface area contributed by atoms with Gasteiger partial charge in [0.1, 0.15) is 25.3 Å². The zero-order valence-corrected chi connectivity index (χ0v) is 21.7. The lowest BCUT2D eigenvalue weighted by Crippen LogP contribution is -2.21. The standard InChI is InChI=1S/C33H26N6/c1-33(2,29-15-5-3-13-27(29)23-9-7-11-25(17-23)31-36-19-34-20-37-31)30-16-6-4-14-28(30)24-10-8-12-26(18-24)32-38-21-35-22-39-32/h3-22H,1-2H3. The van der Waals surface area contributed by atoms with Crippen LogP contribution in [0.25, 0.3) is 45.0 Å². The van der Waals surface area contributed by atoms with Crippen LogP contribution in [-0.4, -0.2) is 29.9 Å². The van der Waals surface area contributed by atoms with Crippen LogP contribution in [0.5, 0.6) is 0 Å². The first-order chi connectivity index (χ1) is 19.1. The van der Waals surface area contributed by atoms with E-state index in [0.29, 0.717) is 11.6 Å². The average molecular weight is 507 g/mol. The molecule has 6 nitrogen and oxygen atoms in total. The van der Waals surface area contributed by atoms with Crippen LogP contribution in [0.15, 0.2) is 122 Å². The van der Waals surface area contributed by atoms with E-state index in [4.69, 9.17) is 0 Å². The Kier molecular flexibility index (Phi) is 6.43. The van der Waals surface area contributed by atoms with E-state index in [9.17, 15) is 0 Å². The summed E-state index contributed by atoms with van der Waals surface area (Å²) in [4.78, 5) is 25.3. The molecule has 0 amide bonds. The summed E-state index contributed by atoms with van der Waals surface area (Å²) in [7, 11) is 0. The Morgan fingerprint density at radius 2 is 0.821 bits per heavy atom. The fourth-order valence-corrected chi connectivity index (χ4v) is 5.13. The molecule has 2 aromatic heterocycles. The normalized spacial score (nSPS) is 11.3. The Morgan fingerprint density at radius 1 is 0.436 bits per heavy atom. The number of rotatable bonds is 6. The van der Waals surface area contributed by atoms with E-state index in [-0.39, 0.29) is 5.41 Å². The zero-order valence-electron chi connectivity index (χ0n) is 21.7. The third-order valence-electron chi connectivity index (χ3n) is 7.05. The molecule has 0 atom stereocenters. The molecule has 0 spiro atoms. The Bertz CT molecular complexity index is 1600. The van der Waals surface area contributed by atoms with Crippen molar-refractivity contribution in [1.82, 2.24) is 29.9 Å². The van der Waals surface area contributed by atoms with Crippen molar-refractivity contribution in [2.45, 2.75) is 19.3 Å². The molecule has 0 unspecified atom stereocenters. The quantitative estimate of drug-likeness (QED) is 0.241. The highest BCUT2D eigenvalue weighted by atomic mass is 15.0. The molecule has 0 aliphatic rings. The maximum absolute atomic E-state index is 4.34. The first-order valence-electron chi connectivity index (χ1n) is 12.8. The van der Waals surface area contributed by atoms with Gasteiger partial charge < -0.3 is 0 Å². The van der Waals surface area contributed by atoms with Gasteiger partial charge >= 0.3 is 0 Å². The van der Waals surface area contributed by atoms with E-state index < -0.39 is 0 Å². The van der Waals surface area contributed by atoms with E-state index in [1.807, 2.05) is 12.1 Å². The van der Waals surface area contributed by atoms with Gasteiger partial charge in [0.05, 0.1) is 0 Å². The average Bonchev–Trinajstić information content (AvgIpc) is 3.02. The summed E-state index contributed by atoms with van der Waals surface area (Å²) >= 11 is 0. The van der Waals surface area contributed by atoms with Crippen molar-refractivity contribution in [3.8, 4) is 45.0 Å². The summed E-state index contributed by atoms with van der Waals surface area (Å²) in [5.41, 5.74) is 8.66. The number of hydrogen-bond donors (Lipinski definition) is 0. The molecule has 39 heavy (non-hydrogen) atoms. The van der Waals surface area contributed by atoms with E-state index in [1.165, 1.54) is 47.6 Å². The van der Waals surface area contributed by atoms with Crippen LogP contribution < -0.4 is 0 Å². The van der Waals surface area contributed by atoms with E-state index >= 15 is 0 Å². The second-order valence-electron chi connectivity index (χ2n) is 9.80. The summed E-state index contributed by atoms with van der Waals surface area (Å²) in [5, 5.41) is 0. The van der Waals surface area contributed by atoms with Crippen molar-refractivity contribution in [3.05, 3.63) is 133 Å². The molecule has 188 valence electrons. The summed E-state index contributed by atoms with van der Waals surface area (Å²) in [6, 6.07) is 34.0. The van der Waals surface area contributed by atoms with Gasteiger partial charge in [0.25, 0.3) is 0 Å². The van der Waals surface area contributed by atoms with E-state index in [1.54, 1.807) is 0 Å². The Balaban J connectivity index is 1.45. The first kappa shape index (κ1) is 24.2. The Hall–Kier alpha value is -5.10. The largest absolute Gasteiger partial charge is 0.225 e. The van der Waals surface area contributed by atoms with Gasteiger partial charge in [-0.25, -0.2) is 29.9 Å². The van der Waals surface area contributed by atoms with Gasteiger partial charge in [0.15, 0.2) is 11.6 Å². The molecule has 4 aromatic carbocycles. The maximum atomic E-state index is 4.34. The molecule has 0 saturated heterocycles. The lowest BCUT2D eigenvalue weighted by Gasteiger charge is -2.31. The minimum Gasteiger partial charge on any atom is -0.225 e. The molecule has 6 heteroatoms. The molecule has 0 aliphatic heterocycles. The number of aromatic nitrogens is 6. The van der Waals surface area contributed by atoms with Crippen LogP contribution >= 0.6 is 0 Å². The highest BCUT2D eigenvalue weighted by Gasteiger charge is 2.29. The van der Waals surface area contributed by atoms with E-state index in [0.717, 1.165) is 22.3 Å². The van der Waals surface area contributed by atoms with Gasteiger partial charge in [-0.15, -0.1) is 0 Å². The molecule has 0 N–H and O–H groups in total. The van der Waals surface area contributed by atoms with Gasteiger partial charge in [0, 0.05) is 16.5 Å². The predicted molar refractivity (Wildman–Crippen MR) is 154 cm³/mol. The van der Waals surface area contributed by atoms with Gasteiger partial charge in [-0.1, -0.05) is 98.8 Å². The molecule has 0 fully saturated rings. The molecular formula is C33H26N6. The van der Waals surface area contributed by atoms with Crippen molar-refractivity contribution in [2.75, 3.05) is 0 Å². The van der Waals surface area contributed by atoms with Crippen molar-refractivity contribution in [2.24, 2.45) is 0 Å². The number of benzene rings is 4. The minimum atomic E-state index is -0.306. The summed E-state index contributed by atoms with van der Waals surface area (Å²) in [5.74, 6) is 1.32. The molecule has 0 saturated carbocycles. The topological polar surface area (TPSA) is 77.3 Å². The van der Waals surface area contributed by atoms with Crippen LogP contribution in [0.4, 0.5) is 0 Å². The lowest BCUT2D eigenvalue weighted by molar-refractivity contribution is 0.644. The van der Waals surface area contributed by atoms with Gasteiger partial charge in [-0.2, -0.15) is 0 Å². The van der Waals surface area contributed by atoms with Gasteiger partial charge in [0.2, 0.25) is 0 Å². The monoisotopic (exact) mass is 506 g/mol. The SMILES string of the molecule is CC(C)(c1ccccc1-c1cccc(-c2ncncn2)c1)c1ccccc1-c1cccc(-c2ncncn2)c1. The highest BCUT2D eigenvalue weighted by Crippen LogP contribution is 2.42. The number of hydrogen-bond acceptors (Lipinski definition) is 6. The molecule has 0 aliphatic carbocycles. The first-order valence-corrected chi connectivity index (χ1v) is 12.8. The molecule has 0 bridgehead atoms. The summed E-state index contributed by atoms with van der Waals surface area (Å²) < 4.78 is 0. The molecule has 6 rings (SSSR count). The maximum Gasteiger partial charge on any atom is 0.162 e. The van der Waals surface area contributed by atoms with Crippen LogP contribution in [-0.2, 0) is 5.41 Å². The van der Waals surface area contributed by atoms with Crippen molar-refractivity contribution in [1.29, 1.82) is 0 Å². The Morgan fingerprint density at radius 3 is 1.26 bits per heavy atom. The van der Waals surface area contributed by atoms with Crippen molar-refractivity contribution >= 4 is 0 Å². The molecule has 2 heterocycles. The summed E-state index contributed by atoms with van der Waals surface area (Å²) in [6.45, 7) is 4.58. The molecular weight excluding hydrogens is 480 g/mol. The number of nitrogens with zero attached hydrogens (tertiary/aromatic N) is 6. The van der Waals surface area contributed by atoms with Gasteiger partial charge in [-0.05, 0) is 45.5 Å². The molecule has 6 aromatic rings. The smallest absolute Gasteiger partial charge is 0.162 e. The van der Waals surface area contributed by atoms with Crippen LogP contribution in [0.1, 0.15) is 25.0 Å². The van der Waals surface area contributed by atoms with Crippen LogP contribution in [0, 0.1) is 0 Å². The van der Waals surface area contributed by atoms with Gasteiger partial charge in [-0.3, -0.25) is 0 Å². The Labute approximate surface area is 227 Å². The zero-order chi connectivity index (χ0) is 26.7. The predicted octanol–water partition coefficient (Wildman–Crippen LogP) is 7.05. The minimum absolute atomic E-state index is 0.306. The summed E-state index contributed by atoms with van der Waals surface area (Å²) in [6.07, 6.45) is 6.11. The van der Waals surface area contributed by atoms with Crippen LogP contribution in [0.2, 0.25) is 0 Å². The highest BCUT2D eigenvalue weighted by molar-refractivity contribution is 5.78. The fraction of sp³-hybridized carbons (Fsp3) is 0.0909. The second kappa shape index (κ2) is 10.3.